The summed E-state index contributed by atoms with van der Waals surface area (Å²) in [6, 6.07) is 0.649. The lowest BCUT2D eigenvalue weighted by Crippen LogP contribution is -2.46. The van der Waals surface area contributed by atoms with E-state index in [2.05, 4.69) is 9.59 Å². The van der Waals surface area contributed by atoms with E-state index in [9.17, 15) is 4.79 Å². The normalized spacial score (nSPS) is 30.8. The van der Waals surface area contributed by atoms with Crippen LogP contribution in [-0.2, 0) is 6.42 Å². The summed E-state index contributed by atoms with van der Waals surface area (Å²) < 4.78 is 3.91. The van der Waals surface area contributed by atoms with Crippen molar-refractivity contribution in [2.24, 2.45) is 0 Å². The molecule has 1 aromatic rings. The first-order valence-electron chi connectivity index (χ1n) is 6.48. The van der Waals surface area contributed by atoms with Crippen molar-refractivity contribution < 1.29 is 4.79 Å². The number of halogens is 1. The zero-order valence-corrected chi connectivity index (χ0v) is 11.9. The van der Waals surface area contributed by atoms with E-state index in [0.29, 0.717) is 12.1 Å². The molecule has 2 aliphatic heterocycles. The Kier molecular flexibility index (Phi) is 3.28. The van der Waals surface area contributed by atoms with Crippen LogP contribution in [0.5, 0.6) is 0 Å². The van der Waals surface area contributed by atoms with Gasteiger partial charge in [0.15, 0.2) is 0 Å². The van der Waals surface area contributed by atoms with Gasteiger partial charge >= 0.3 is 0 Å². The molecule has 3 heterocycles. The summed E-state index contributed by atoms with van der Waals surface area (Å²) in [6.45, 7) is 2.01. The molecule has 98 valence electrons. The first-order chi connectivity index (χ1) is 8.70. The number of fused-ring (bicyclic) bond motifs is 2. The minimum Gasteiger partial charge on any atom is -0.332 e. The van der Waals surface area contributed by atoms with Crippen LogP contribution in [0.4, 0.5) is 0 Å². The van der Waals surface area contributed by atoms with Crippen LogP contribution in [-0.4, -0.2) is 37.9 Å². The van der Waals surface area contributed by atoms with Gasteiger partial charge in [-0.15, -0.1) is 16.7 Å². The minimum absolute atomic E-state index is 0.123. The molecule has 2 fully saturated rings. The number of piperidine rings is 1. The number of rotatable bonds is 2. The van der Waals surface area contributed by atoms with Gasteiger partial charge in [0, 0.05) is 17.5 Å². The van der Waals surface area contributed by atoms with Gasteiger partial charge in [-0.1, -0.05) is 11.4 Å². The third kappa shape index (κ3) is 1.93. The smallest absolute Gasteiger partial charge is 0.268 e. The zero-order chi connectivity index (χ0) is 12.7. The maximum absolute atomic E-state index is 12.6. The standard InChI is InChI=1S/C12H16ClN3OS/c1-2-10-11(18-15-14-10)12(17)16-8-3-4-9(16)6-7(13)5-8/h7-9H,2-6H2,1H3. The van der Waals surface area contributed by atoms with Crippen LogP contribution in [0.3, 0.4) is 0 Å². The molecular weight excluding hydrogens is 270 g/mol. The van der Waals surface area contributed by atoms with E-state index in [1.165, 1.54) is 11.5 Å². The highest BCUT2D eigenvalue weighted by atomic mass is 35.5. The lowest BCUT2D eigenvalue weighted by Gasteiger charge is -2.36. The molecule has 3 rings (SSSR count). The summed E-state index contributed by atoms with van der Waals surface area (Å²) in [5.41, 5.74) is 0.831. The second-order valence-electron chi connectivity index (χ2n) is 5.07. The number of carbonyl (C=O) groups is 1. The van der Waals surface area contributed by atoms with Gasteiger partial charge in [0.05, 0.1) is 5.69 Å². The molecule has 18 heavy (non-hydrogen) atoms. The fourth-order valence-electron chi connectivity index (χ4n) is 3.16. The van der Waals surface area contributed by atoms with Crippen LogP contribution >= 0.6 is 23.1 Å². The molecule has 0 aromatic carbocycles. The largest absolute Gasteiger partial charge is 0.332 e. The Labute approximate surface area is 115 Å². The third-order valence-electron chi connectivity index (χ3n) is 3.99. The average Bonchev–Trinajstić information content (AvgIpc) is 2.92. The van der Waals surface area contributed by atoms with Crippen molar-refractivity contribution in [2.45, 2.75) is 56.5 Å². The maximum atomic E-state index is 12.6. The molecule has 0 N–H and O–H groups in total. The van der Waals surface area contributed by atoms with Gasteiger partial charge in [-0.05, 0) is 43.6 Å². The Balaban J connectivity index is 1.85. The molecule has 0 saturated carbocycles. The predicted molar refractivity (Wildman–Crippen MR) is 71.1 cm³/mol. The highest BCUT2D eigenvalue weighted by Gasteiger charge is 2.43. The first kappa shape index (κ1) is 12.4. The van der Waals surface area contributed by atoms with E-state index in [4.69, 9.17) is 11.6 Å². The van der Waals surface area contributed by atoms with E-state index >= 15 is 0 Å². The average molecular weight is 286 g/mol. The van der Waals surface area contributed by atoms with Gasteiger partial charge in [0.1, 0.15) is 4.88 Å². The zero-order valence-electron chi connectivity index (χ0n) is 10.3. The SMILES string of the molecule is CCc1nnsc1C(=O)N1C2CCC1CC(Cl)C2. The summed E-state index contributed by atoms with van der Waals surface area (Å²) in [6.07, 6.45) is 4.80. The van der Waals surface area contributed by atoms with Crippen LogP contribution < -0.4 is 0 Å². The molecular formula is C12H16ClN3OS. The molecule has 2 aliphatic rings. The number of carbonyl (C=O) groups excluding carboxylic acids is 1. The Morgan fingerprint density at radius 3 is 2.72 bits per heavy atom. The number of nitrogens with zero attached hydrogens (tertiary/aromatic N) is 3. The van der Waals surface area contributed by atoms with Crippen LogP contribution in [0.2, 0.25) is 0 Å². The van der Waals surface area contributed by atoms with E-state index in [1.807, 2.05) is 11.8 Å². The van der Waals surface area contributed by atoms with Crippen molar-refractivity contribution in [1.82, 2.24) is 14.5 Å². The second kappa shape index (κ2) is 4.78. The Hall–Kier alpha value is -0.680. The van der Waals surface area contributed by atoms with Crippen molar-refractivity contribution >= 4 is 29.0 Å². The summed E-state index contributed by atoms with van der Waals surface area (Å²) >= 11 is 7.46. The van der Waals surface area contributed by atoms with Crippen molar-refractivity contribution in [1.29, 1.82) is 0 Å². The minimum atomic E-state index is 0.123. The highest BCUT2D eigenvalue weighted by Crippen LogP contribution is 2.39. The molecule has 0 spiro atoms. The van der Waals surface area contributed by atoms with Crippen molar-refractivity contribution in [2.75, 3.05) is 0 Å². The number of aryl methyl sites for hydroxylation is 1. The topological polar surface area (TPSA) is 46.1 Å². The predicted octanol–water partition coefficient (Wildman–Crippen LogP) is 2.47. The summed E-state index contributed by atoms with van der Waals surface area (Å²) in [7, 11) is 0. The highest BCUT2D eigenvalue weighted by molar-refractivity contribution is 7.08. The molecule has 0 aliphatic carbocycles. The van der Waals surface area contributed by atoms with Crippen LogP contribution in [0.15, 0.2) is 0 Å². The van der Waals surface area contributed by atoms with Gasteiger partial charge < -0.3 is 4.90 Å². The summed E-state index contributed by atoms with van der Waals surface area (Å²) in [4.78, 5) is 15.4. The molecule has 2 bridgehead atoms. The van der Waals surface area contributed by atoms with Crippen molar-refractivity contribution in [3.05, 3.63) is 10.6 Å². The summed E-state index contributed by atoms with van der Waals surface area (Å²) in [5.74, 6) is 0.123. The number of alkyl halides is 1. The molecule has 2 unspecified atom stereocenters. The molecule has 1 amide bonds. The number of aromatic nitrogens is 2. The molecule has 0 radical (unpaired) electrons. The fraction of sp³-hybridized carbons (Fsp3) is 0.750. The van der Waals surface area contributed by atoms with Gasteiger partial charge in [-0.3, -0.25) is 4.79 Å². The van der Waals surface area contributed by atoms with Crippen LogP contribution in [0, 0.1) is 0 Å². The Morgan fingerprint density at radius 1 is 1.44 bits per heavy atom. The summed E-state index contributed by atoms with van der Waals surface area (Å²) in [5, 5.41) is 4.26. The molecule has 1 aromatic heterocycles. The monoisotopic (exact) mass is 285 g/mol. The number of hydrogen-bond donors (Lipinski definition) is 0. The number of hydrogen-bond acceptors (Lipinski definition) is 4. The third-order valence-corrected chi connectivity index (χ3v) is 5.11. The Bertz CT molecular complexity index is 450. The lowest BCUT2D eigenvalue weighted by molar-refractivity contribution is 0.0603. The molecule has 2 atom stereocenters. The maximum Gasteiger partial charge on any atom is 0.268 e. The molecule has 4 nitrogen and oxygen atoms in total. The quantitative estimate of drug-likeness (QED) is 0.784. The molecule has 2 saturated heterocycles. The number of amides is 1. The Morgan fingerprint density at radius 2 is 2.11 bits per heavy atom. The molecule has 6 heteroatoms. The lowest BCUT2D eigenvalue weighted by atomic mass is 10.0. The van der Waals surface area contributed by atoms with E-state index in [0.717, 1.165) is 42.7 Å². The van der Waals surface area contributed by atoms with Gasteiger partial charge in [0.2, 0.25) is 0 Å². The fourth-order valence-corrected chi connectivity index (χ4v) is 4.27. The first-order valence-corrected chi connectivity index (χ1v) is 7.69. The second-order valence-corrected chi connectivity index (χ2v) is 6.44. The van der Waals surface area contributed by atoms with E-state index in [1.54, 1.807) is 0 Å². The van der Waals surface area contributed by atoms with Gasteiger partial charge in [-0.2, -0.15) is 0 Å². The van der Waals surface area contributed by atoms with Crippen molar-refractivity contribution in [3.63, 3.8) is 0 Å². The van der Waals surface area contributed by atoms with Crippen LogP contribution in [0.1, 0.15) is 48.0 Å². The van der Waals surface area contributed by atoms with Crippen molar-refractivity contribution in [3.8, 4) is 0 Å². The van der Waals surface area contributed by atoms with E-state index in [-0.39, 0.29) is 11.3 Å². The van der Waals surface area contributed by atoms with Gasteiger partial charge in [-0.25, -0.2) is 0 Å². The van der Waals surface area contributed by atoms with Crippen LogP contribution in [0.25, 0.3) is 0 Å². The van der Waals surface area contributed by atoms with Gasteiger partial charge in [0.25, 0.3) is 5.91 Å². The van der Waals surface area contributed by atoms with E-state index < -0.39 is 0 Å².